The van der Waals surface area contributed by atoms with Crippen molar-refractivity contribution in [1.82, 2.24) is 4.98 Å². The number of anilines is 1. The van der Waals surface area contributed by atoms with Gasteiger partial charge in [-0.05, 0) is 54.9 Å². The minimum Gasteiger partial charge on any atom is -0.489 e. The summed E-state index contributed by atoms with van der Waals surface area (Å²) in [5, 5.41) is 12.7. The minimum atomic E-state index is -0.468. The lowest BCUT2D eigenvalue weighted by Gasteiger charge is -2.43. The summed E-state index contributed by atoms with van der Waals surface area (Å²) in [5.74, 6) is -1.40. The van der Waals surface area contributed by atoms with Crippen LogP contribution in [0.3, 0.4) is 0 Å². The monoisotopic (exact) mass is 625 g/mol. The first-order valence-corrected chi connectivity index (χ1v) is 16.3. The lowest BCUT2D eigenvalue weighted by molar-refractivity contribution is -0.385. The van der Waals surface area contributed by atoms with Crippen LogP contribution in [0.2, 0.25) is 0 Å². The standard InChI is InChI=1S/C33H27N3O6S2/c1-16-7-9-17(10-8-16)15-42-23-12-11-19(36(40)41)13-20(23)24-25-21-14-22(28(25)43-30-29(24)44-33(39)34-30)27-26(21)31(37)35(32(27)38)18-5-3-2-4-6-18/h2-13,21-22,24-28H,14-15H2,1H3,(H,34,39)/t21-,22-,24+,25+,26+,27+,28-/m1/s1. The number of benzene rings is 3. The van der Waals surface area contributed by atoms with Gasteiger partial charge in [0, 0.05) is 33.7 Å². The Morgan fingerprint density at radius 1 is 0.977 bits per heavy atom. The fourth-order valence-electron chi connectivity index (χ4n) is 8.07. The van der Waals surface area contributed by atoms with E-state index in [9.17, 15) is 24.5 Å². The quantitative estimate of drug-likeness (QED) is 0.161. The molecule has 2 saturated carbocycles. The molecular weight excluding hydrogens is 599 g/mol. The second-order valence-corrected chi connectivity index (χ2v) is 14.3. The van der Waals surface area contributed by atoms with Crippen LogP contribution >= 0.6 is 23.1 Å². The molecule has 2 aliphatic carbocycles. The molecule has 2 aliphatic heterocycles. The Labute approximate surface area is 260 Å². The molecule has 4 aromatic rings. The van der Waals surface area contributed by atoms with Crippen molar-refractivity contribution in [3.05, 3.63) is 114 Å². The van der Waals surface area contributed by atoms with Gasteiger partial charge in [0.25, 0.3) is 5.69 Å². The SMILES string of the molecule is Cc1ccc(COc2ccc([N+](=O)[O-])cc2[C@@H]2c3sc(=O)[nH]c3S[C@@H]3[C@@H]4C[C@@H]([C@@H]5C(=O)N(c6ccccc6)C(=O)[C@@H]45)[C@@H]23)cc1. The molecule has 0 spiro atoms. The summed E-state index contributed by atoms with van der Waals surface area (Å²) in [6, 6.07) is 21.7. The number of aromatic amines is 1. The van der Waals surface area contributed by atoms with Gasteiger partial charge in [0.2, 0.25) is 11.8 Å². The maximum Gasteiger partial charge on any atom is 0.305 e. The number of ether oxygens (including phenoxy) is 1. The molecule has 2 bridgehead atoms. The smallest absolute Gasteiger partial charge is 0.305 e. The van der Waals surface area contributed by atoms with Gasteiger partial charge in [0.1, 0.15) is 12.4 Å². The van der Waals surface area contributed by atoms with E-state index in [0.29, 0.717) is 17.0 Å². The maximum atomic E-state index is 14.0. The number of nitro groups is 1. The number of imide groups is 1. The van der Waals surface area contributed by atoms with Crippen LogP contribution in [0.25, 0.3) is 0 Å². The maximum absolute atomic E-state index is 14.0. The second kappa shape index (κ2) is 10.2. The predicted molar refractivity (Wildman–Crippen MR) is 166 cm³/mol. The number of amides is 2. The molecule has 0 radical (unpaired) electrons. The third-order valence-electron chi connectivity index (χ3n) is 9.79. The number of hydrogen-bond donors (Lipinski definition) is 1. The summed E-state index contributed by atoms with van der Waals surface area (Å²) < 4.78 is 6.36. The average Bonchev–Trinajstić information content (AvgIpc) is 3.76. The number of aromatic nitrogens is 1. The van der Waals surface area contributed by atoms with Gasteiger partial charge in [-0.25, -0.2) is 0 Å². The van der Waals surface area contributed by atoms with E-state index in [1.807, 2.05) is 49.4 Å². The van der Waals surface area contributed by atoms with Crippen molar-refractivity contribution >= 4 is 46.3 Å². The van der Waals surface area contributed by atoms with Gasteiger partial charge >= 0.3 is 4.87 Å². The number of aryl methyl sites for hydroxylation is 1. The van der Waals surface area contributed by atoms with E-state index in [0.717, 1.165) is 38.8 Å². The van der Waals surface area contributed by atoms with E-state index < -0.39 is 22.7 Å². The number of carbonyl (C=O) groups is 2. The van der Waals surface area contributed by atoms with Crippen molar-refractivity contribution in [3.8, 4) is 5.75 Å². The van der Waals surface area contributed by atoms with Crippen LogP contribution in [0.4, 0.5) is 11.4 Å². The topological polar surface area (TPSA) is 123 Å². The van der Waals surface area contributed by atoms with Crippen LogP contribution in [0.5, 0.6) is 5.75 Å². The van der Waals surface area contributed by atoms with Crippen LogP contribution in [0.1, 0.15) is 33.9 Å². The molecule has 1 N–H and O–H groups in total. The first kappa shape index (κ1) is 27.3. The van der Waals surface area contributed by atoms with Gasteiger partial charge in [-0.1, -0.05) is 59.4 Å². The van der Waals surface area contributed by atoms with E-state index in [1.165, 1.54) is 11.0 Å². The number of thioether (sulfide) groups is 1. The van der Waals surface area contributed by atoms with E-state index >= 15 is 0 Å². The fourth-order valence-corrected chi connectivity index (χ4v) is 10.9. The predicted octanol–water partition coefficient (Wildman–Crippen LogP) is 5.91. The number of fused-ring (bicyclic) bond motifs is 9. The molecule has 3 aromatic carbocycles. The lowest BCUT2D eigenvalue weighted by Crippen LogP contribution is -2.42. The molecular formula is C33H27N3O6S2. The normalized spacial score (nSPS) is 28.1. The lowest BCUT2D eigenvalue weighted by atomic mass is 9.68. The van der Waals surface area contributed by atoms with Crippen molar-refractivity contribution in [3.63, 3.8) is 0 Å². The summed E-state index contributed by atoms with van der Waals surface area (Å²) in [5.41, 5.74) is 3.25. The Kier molecular flexibility index (Phi) is 6.32. The zero-order valence-electron chi connectivity index (χ0n) is 23.5. The highest BCUT2D eigenvalue weighted by Gasteiger charge is 2.70. The summed E-state index contributed by atoms with van der Waals surface area (Å²) in [7, 11) is 0. The molecule has 7 atom stereocenters. The van der Waals surface area contributed by atoms with Crippen molar-refractivity contribution in [2.24, 2.45) is 29.6 Å². The van der Waals surface area contributed by atoms with Gasteiger partial charge in [-0.3, -0.25) is 29.4 Å². The number of rotatable bonds is 6. The van der Waals surface area contributed by atoms with Crippen LogP contribution < -0.4 is 14.5 Å². The highest BCUT2D eigenvalue weighted by molar-refractivity contribution is 8.00. The van der Waals surface area contributed by atoms with Crippen molar-refractivity contribution in [1.29, 1.82) is 0 Å². The Morgan fingerprint density at radius 3 is 2.43 bits per heavy atom. The number of para-hydroxylation sites is 1. The number of nitrogens with one attached hydrogen (secondary N) is 1. The molecule has 1 aromatic heterocycles. The molecule has 222 valence electrons. The number of H-pyrrole nitrogens is 1. The number of nitrogens with zero attached hydrogens (tertiary/aromatic N) is 2. The number of nitro benzene ring substituents is 1. The summed E-state index contributed by atoms with van der Waals surface area (Å²) in [4.78, 5) is 57.0. The number of hydrogen-bond acceptors (Lipinski definition) is 8. The Bertz CT molecular complexity index is 1890. The zero-order chi connectivity index (χ0) is 30.3. The number of carbonyl (C=O) groups excluding carboxylic acids is 2. The largest absolute Gasteiger partial charge is 0.489 e. The highest BCUT2D eigenvalue weighted by atomic mass is 32.2. The first-order valence-electron chi connectivity index (χ1n) is 14.6. The summed E-state index contributed by atoms with van der Waals surface area (Å²) in [6.45, 7) is 2.28. The van der Waals surface area contributed by atoms with Crippen molar-refractivity contribution in [2.75, 3.05) is 4.90 Å². The molecule has 3 fully saturated rings. The van der Waals surface area contributed by atoms with Gasteiger partial charge < -0.3 is 9.72 Å². The summed E-state index contributed by atoms with van der Waals surface area (Å²) >= 11 is 2.70. The third-order valence-corrected chi connectivity index (χ3v) is 12.4. The molecule has 2 amide bonds. The van der Waals surface area contributed by atoms with E-state index in [4.69, 9.17) is 4.74 Å². The van der Waals surface area contributed by atoms with Gasteiger partial charge in [-0.2, -0.15) is 0 Å². The van der Waals surface area contributed by atoms with Crippen molar-refractivity contribution < 1.29 is 19.2 Å². The number of thiazole rings is 1. The first-order chi connectivity index (χ1) is 21.3. The van der Waals surface area contributed by atoms with Gasteiger partial charge in [0.15, 0.2) is 0 Å². The Balaban J connectivity index is 1.23. The molecule has 3 heterocycles. The molecule has 0 unspecified atom stereocenters. The molecule has 9 nitrogen and oxygen atoms in total. The van der Waals surface area contributed by atoms with E-state index in [2.05, 4.69) is 4.98 Å². The van der Waals surface area contributed by atoms with Crippen LogP contribution in [0.15, 0.2) is 82.6 Å². The average molecular weight is 626 g/mol. The third kappa shape index (κ3) is 4.09. The Hall–Kier alpha value is -4.22. The second-order valence-electron chi connectivity index (χ2n) is 12.1. The van der Waals surface area contributed by atoms with E-state index in [-0.39, 0.29) is 52.0 Å². The molecule has 44 heavy (non-hydrogen) atoms. The Morgan fingerprint density at radius 2 is 1.70 bits per heavy atom. The molecule has 8 rings (SSSR count). The van der Waals surface area contributed by atoms with Gasteiger partial charge in [0.05, 0.1) is 27.5 Å². The molecule has 4 aliphatic rings. The van der Waals surface area contributed by atoms with Crippen LogP contribution in [0, 0.1) is 46.6 Å². The van der Waals surface area contributed by atoms with Crippen LogP contribution in [-0.4, -0.2) is 27.0 Å². The summed E-state index contributed by atoms with van der Waals surface area (Å²) in [6.07, 6.45) is 0.724. The van der Waals surface area contributed by atoms with Crippen LogP contribution in [-0.2, 0) is 16.2 Å². The number of non-ortho nitro benzene ring substituents is 1. The molecule has 1 saturated heterocycles. The zero-order valence-corrected chi connectivity index (χ0v) is 25.2. The van der Waals surface area contributed by atoms with E-state index in [1.54, 1.807) is 36.0 Å². The highest BCUT2D eigenvalue weighted by Crippen LogP contribution is 2.69. The van der Waals surface area contributed by atoms with Gasteiger partial charge in [-0.15, -0.1) is 11.8 Å². The molecule has 11 heteroatoms. The minimum absolute atomic E-state index is 0.0410. The van der Waals surface area contributed by atoms with Crippen molar-refractivity contribution in [2.45, 2.75) is 36.1 Å². The fraction of sp³-hybridized carbons (Fsp3) is 0.303.